The highest BCUT2D eigenvalue weighted by Crippen LogP contribution is 2.35. The number of hydrogen-bond acceptors (Lipinski definition) is 5. The first-order valence-electron chi connectivity index (χ1n) is 5.84. The van der Waals surface area contributed by atoms with Crippen LogP contribution in [0.2, 0.25) is 0 Å². The molecule has 112 valence electrons. The number of hydrogen-bond donors (Lipinski definition) is 1. The lowest BCUT2D eigenvalue weighted by Gasteiger charge is -2.20. The molecule has 0 saturated carbocycles. The van der Waals surface area contributed by atoms with Gasteiger partial charge in [-0.25, -0.2) is 0 Å². The summed E-state index contributed by atoms with van der Waals surface area (Å²) in [4.78, 5) is 1.54. The largest absolute Gasteiger partial charge is 0.416 e. The highest BCUT2D eigenvalue weighted by Gasteiger charge is 2.31. The molecule has 0 aromatic heterocycles. The maximum atomic E-state index is 12.8. The van der Waals surface area contributed by atoms with Crippen molar-refractivity contribution < 1.29 is 13.2 Å². The fraction of sp³-hybridized carbons (Fsp3) is 0.214. The maximum absolute atomic E-state index is 12.8. The molecule has 0 heterocycles. The van der Waals surface area contributed by atoms with E-state index in [2.05, 4.69) is 5.32 Å². The molecule has 5 nitrogen and oxygen atoms in total. The first kappa shape index (κ1) is 16.9. The second-order valence-electron chi connectivity index (χ2n) is 4.33. The molecule has 0 unspecified atom stereocenters. The molecule has 1 aromatic carbocycles. The Morgan fingerprint density at radius 3 is 2.09 bits per heavy atom. The molecule has 0 aliphatic carbocycles. The topological polar surface area (TPSA) is 86.6 Å². The highest BCUT2D eigenvalue weighted by molar-refractivity contribution is 5.74. The lowest BCUT2D eigenvalue weighted by Crippen LogP contribution is -2.14. The zero-order valence-electron chi connectivity index (χ0n) is 11.7. The first-order chi connectivity index (χ1) is 10.2. The number of nitrogens with one attached hydrogen (secondary N) is 1. The van der Waals surface area contributed by atoms with Crippen LogP contribution >= 0.6 is 0 Å². The lowest BCUT2D eigenvalue weighted by atomic mass is 10.1. The zero-order valence-corrected chi connectivity index (χ0v) is 11.7. The summed E-state index contributed by atoms with van der Waals surface area (Å²) in [5.41, 5.74) is -1.49. The van der Waals surface area contributed by atoms with Gasteiger partial charge in [0.05, 0.1) is 16.9 Å². The number of nitriles is 3. The SMILES string of the molecule is CN(C)c1ccc(C(F)(F)F)cc1NC(C#N)=C(C#N)C#N. The summed E-state index contributed by atoms with van der Waals surface area (Å²) >= 11 is 0. The van der Waals surface area contributed by atoms with E-state index in [1.807, 2.05) is 0 Å². The molecule has 0 radical (unpaired) electrons. The molecule has 0 amide bonds. The lowest BCUT2D eigenvalue weighted by molar-refractivity contribution is -0.137. The third-order valence-corrected chi connectivity index (χ3v) is 2.65. The second kappa shape index (κ2) is 6.51. The van der Waals surface area contributed by atoms with Gasteiger partial charge >= 0.3 is 6.18 Å². The van der Waals surface area contributed by atoms with Crippen molar-refractivity contribution in [3.8, 4) is 18.2 Å². The predicted molar refractivity (Wildman–Crippen MR) is 73.3 cm³/mol. The van der Waals surface area contributed by atoms with Gasteiger partial charge in [0, 0.05) is 14.1 Å². The quantitative estimate of drug-likeness (QED) is 0.867. The Bertz CT molecular complexity index is 711. The maximum Gasteiger partial charge on any atom is 0.416 e. The third kappa shape index (κ3) is 3.68. The van der Waals surface area contributed by atoms with E-state index in [4.69, 9.17) is 15.8 Å². The van der Waals surface area contributed by atoms with Gasteiger partial charge in [-0.1, -0.05) is 0 Å². The Morgan fingerprint density at radius 1 is 1.09 bits per heavy atom. The number of allylic oxidation sites excluding steroid dienone is 2. The third-order valence-electron chi connectivity index (χ3n) is 2.65. The summed E-state index contributed by atoms with van der Waals surface area (Å²) in [6.45, 7) is 0. The van der Waals surface area contributed by atoms with E-state index in [1.54, 1.807) is 20.2 Å². The van der Waals surface area contributed by atoms with Crippen LogP contribution in [0.1, 0.15) is 5.56 Å². The molecule has 0 atom stereocenters. The average molecular weight is 305 g/mol. The van der Waals surface area contributed by atoms with Crippen LogP contribution in [-0.4, -0.2) is 14.1 Å². The molecular weight excluding hydrogens is 295 g/mol. The van der Waals surface area contributed by atoms with E-state index < -0.39 is 23.0 Å². The van der Waals surface area contributed by atoms with Crippen LogP contribution < -0.4 is 10.2 Å². The number of nitrogens with zero attached hydrogens (tertiary/aromatic N) is 4. The summed E-state index contributed by atoms with van der Waals surface area (Å²) in [5, 5.41) is 28.9. The van der Waals surface area contributed by atoms with Gasteiger partial charge in [-0.15, -0.1) is 0 Å². The molecule has 0 aliphatic heterocycles. The average Bonchev–Trinajstić information content (AvgIpc) is 2.45. The number of alkyl halides is 3. The first-order valence-corrected chi connectivity index (χ1v) is 5.84. The Labute approximate surface area is 125 Å². The molecule has 0 spiro atoms. The van der Waals surface area contributed by atoms with Crippen molar-refractivity contribution in [1.82, 2.24) is 0 Å². The Kier molecular flexibility index (Phi) is 5.00. The van der Waals surface area contributed by atoms with Gasteiger partial charge in [-0.05, 0) is 18.2 Å². The summed E-state index contributed by atoms with van der Waals surface area (Å²) in [6.07, 6.45) is -4.55. The van der Waals surface area contributed by atoms with Crippen molar-refractivity contribution in [3.63, 3.8) is 0 Å². The summed E-state index contributed by atoms with van der Waals surface area (Å²) < 4.78 is 38.4. The van der Waals surface area contributed by atoms with Crippen molar-refractivity contribution in [1.29, 1.82) is 15.8 Å². The second-order valence-corrected chi connectivity index (χ2v) is 4.33. The van der Waals surface area contributed by atoms with Gasteiger partial charge in [-0.3, -0.25) is 0 Å². The molecular formula is C14H10F3N5. The molecule has 22 heavy (non-hydrogen) atoms. The van der Waals surface area contributed by atoms with E-state index >= 15 is 0 Å². The van der Waals surface area contributed by atoms with Crippen LogP contribution in [0.25, 0.3) is 0 Å². The smallest absolute Gasteiger partial charge is 0.376 e. The zero-order chi connectivity index (χ0) is 16.9. The molecule has 1 rings (SSSR count). The summed E-state index contributed by atoms with van der Waals surface area (Å²) in [6, 6.07) is 7.59. The van der Waals surface area contributed by atoms with Crippen LogP contribution in [0, 0.1) is 34.0 Å². The Morgan fingerprint density at radius 2 is 1.68 bits per heavy atom. The fourth-order valence-corrected chi connectivity index (χ4v) is 1.62. The van der Waals surface area contributed by atoms with Crippen LogP contribution in [0.15, 0.2) is 29.5 Å². The van der Waals surface area contributed by atoms with Gasteiger partial charge in [0.2, 0.25) is 0 Å². The van der Waals surface area contributed by atoms with E-state index in [9.17, 15) is 13.2 Å². The number of rotatable bonds is 3. The van der Waals surface area contributed by atoms with Crippen molar-refractivity contribution in [2.45, 2.75) is 6.18 Å². The van der Waals surface area contributed by atoms with Gasteiger partial charge in [0.1, 0.15) is 23.9 Å². The predicted octanol–water partition coefficient (Wildman–Crippen LogP) is 3.01. The molecule has 8 heteroatoms. The summed E-state index contributed by atoms with van der Waals surface area (Å²) in [7, 11) is 3.22. The standard InChI is InChI=1S/C14H10F3N5/c1-22(2)13-4-3-10(14(15,16)17)5-11(13)21-12(8-20)9(6-18)7-19/h3-5,21H,1-2H3. The minimum atomic E-state index is -4.55. The fourth-order valence-electron chi connectivity index (χ4n) is 1.62. The van der Waals surface area contributed by atoms with Gasteiger partial charge in [0.15, 0.2) is 5.57 Å². The molecule has 1 aromatic rings. The molecule has 0 saturated heterocycles. The summed E-state index contributed by atoms with van der Waals surface area (Å²) in [5.74, 6) is 0. The van der Waals surface area contributed by atoms with E-state index in [0.29, 0.717) is 5.69 Å². The number of halogens is 3. The van der Waals surface area contributed by atoms with Crippen molar-refractivity contribution >= 4 is 11.4 Å². The van der Waals surface area contributed by atoms with Crippen LogP contribution in [0.5, 0.6) is 0 Å². The molecule has 1 N–H and O–H groups in total. The van der Waals surface area contributed by atoms with Crippen molar-refractivity contribution in [3.05, 3.63) is 35.0 Å². The Balaban J connectivity index is 3.46. The monoisotopic (exact) mass is 305 g/mol. The molecule has 0 fully saturated rings. The Hall–Kier alpha value is -3.18. The van der Waals surface area contributed by atoms with E-state index in [0.717, 1.165) is 12.1 Å². The normalized spacial score (nSPS) is 9.91. The number of anilines is 2. The van der Waals surface area contributed by atoms with Crippen LogP contribution in [0.4, 0.5) is 24.5 Å². The number of benzene rings is 1. The minimum absolute atomic E-state index is 0.0284. The van der Waals surface area contributed by atoms with Gasteiger partial charge < -0.3 is 10.2 Å². The highest BCUT2D eigenvalue weighted by atomic mass is 19.4. The minimum Gasteiger partial charge on any atom is -0.376 e. The molecule has 0 aliphatic rings. The van der Waals surface area contributed by atoms with Crippen LogP contribution in [-0.2, 0) is 6.18 Å². The van der Waals surface area contributed by atoms with Crippen LogP contribution in [0.3, 0.4) is 0 Å². The van der Waals surface area contributed by atoms with Crippen molar-refractivity contribution in [2.75, 3.05) is 24.3 Å². The van der Waals surface area contributed by atoms with Crippen molar-refractivity contribution in [2.24, 2.45) is 0 Å². The van der Waals surface area contributed by atoms with Gasteiger partial charge in [-0.2, -0.15) is 29.0 Å². The van der Waals surface area contributed by atoms with E-state index in [-0.39, 0.29) is 5.69 Å². The molecule has 0 bridgehead atoms. The van der Waals surface area contributed by atoms with E-state index in [1.165, 1.54) is 23.1 Å². The van der Waals surface area contributed by atoms with Gasteiger partial charge in [0.25, 0.3) is 0 Å².